The van der Waals surface area contributed by atoms with Crippen molar-refractivity contribution >= 4 is 40.8 Å². The number of hydrogen-bond acceptors (Lipinski definition) is 6. The number of nitrogens with one attached hydrogen (secondary N) is 2. The van der Waals surface area contributed by atoms with Crippen molar-refractivity contribution < 1.29 is 9.53 Å². The predicted octanol–water partition coefficient (Wildman–Crippen LogP) is 2.68. The number of halogens is 1. The fraction of sp³-hybridized carbons (Fsp3) is 0.353. The summed E-state index contributed by atoms with van der Waals surface area (Å²) >= 11 is 5.93. The first kappa shape index (κ1) is 18.2. The Labute approximate surface area is 157 Å². The maximum atomic E-state index is 12.3. The van der Waals surface area contributed by atoms with Gasteiger partial charge in [-0.05, 0) is 18.2 Å². The molecule has 0 atom stereocenters. The van der Waals surface area contributed by atoms with Gasteiger partial charge >= 0.3 is 6.03 Å². The Bertz CT molecular complexity index is 780. The molecule has 9 heteroatoms. The van der Waals surface area contributed by atoms with E-state index in [4.69, 9.17) is 16.3 Å². The van der Waals surface area contributed by atoms with Crippen LogP contribution in [0.3, 0.4) is 0 Å². The number of carbonyl (C=O) groups excluding carboxylic acids is 1. The van der Waals surface area contributed by atoms with Crippen LogP contribution in [-0.4, -0.2) is 56.4 Å². The number of ether oxygens (including phenoxy) is 1. The zero-order valence-electron chi connectivity index (χ0n) is 14.7. The summed E-state index contributed by atoms with van der Waals surface area (Å²) in [6.45, 7) is 2.80. The summed E-state index contributed by atoms with van der Waals surface area (Å²) < 4.78 is 5.36. The number of morpholine rings is 1. The molecule has 0 spiro atoms. The highest BCUT2D eigenvalue weighted by Gasteiger charge is 2.18. The highest BCUT2D eigenvalue weighted by molar-refractivity contribution is 6.30. The lowest BCUT2D eigenvalue weighted by Crippen LogP contribution is -2.37. The Kier molecular flexibility index (Phi) is 5.75. The molecular weight excluding hydrogens is 356 g/mol. The van der Waals surface area contributed by atoms with Crippen LogP contribution in [0.25, 0.3) is 0 Å². The van der Waals surface area contributed by atoms with Gasteiger partial charge < -0.3 is 25.2 Å². The summed E-state index contributed by atoms with van der Waals surface area (Å²) in [7, 11) is 3.73. The number of carbonyl (C=O) groups is 1. The number of benzene rings is 1. The molecule has 1 aliphatic heterocycles. The molecule has 1 aromatic heterocycles. The Hall–Kier alpha value is -2.58. The largest absolute Gasteiger partial charge is 0.378 e. The maximum absolute atomic E-state index is 12.3. The normalized spacial score (nSPS) is 14.0. The Morgan fingerprint density at radius 1 is 1.27 bits per heavy atom. The van der Waals surface area contributed by atoms with Crippen molar-refractivity contribution in [2.24, 2.45) is 0 Å². The van der Waals surface area contributed by atoms with Crippen molar-refractivity contribution in [2.45, 2.75) is 0 Å². The van der Waals surface area contributed by atoms with Gasteiger partial charge in [0.05, 0.1) is 19.4 Å². The molecule has 0 aliphatic carbocycles. The topological polar surface area (TPSA) is 82.6 Å². The molecule has 0 bridgehead atoms. The van der Waals surface area contributed by atoms with Crippen LogP contribution in [0.4, 0.5) is 27.9 Å². The van der Waals surface area contributed by atoms with Crippen LogP contribution in [0.2, 0.25) is 5.02 Å². The van der Waals surface area contributed by atoms with Crippen molar-refractivity contribution in [2.75, 3.05) is 60.8 Å². The van der Waals surface area contributed by atoms with Crippen molar-refractivity contribution in [1.82, 2.24) is 9.97 Å². The minimum atomic E-state index is -0.391. The van der Waals surface area contributed by atoms with Gasteiger partial charge in [-0.15, -0.1) is 0 Å². The molecule has 2 amide bonds. The number of urea groups is 1. The number of aromatic nitrogens is 2. The van der Waals surface area contributed by atoms with Gasteiger partial charge in [0.25, 0.3) is 0 Å². The molecule has 2 heterocycles. The summed E-state index contributed by atoms with van der Waals surface area (Å²) in [6, 6.07) is 6.55. The van der Waals surface area contributed by atoms with E-state index < -0.39 is 6.03 Å². The second-order valence-corrected chi connectivity index (χ2v) is 6.43. The van der Waals surface area contributed by atoms with Gasteiger partial charge in [-0.3, -0.25) is 0 Å². The summed E-state index contributed by atoms with van der Waals surface area (Å²) in [6.07, 6.45) is 1.62. The number of rotatable bonds is 4. The zero-order valence-corrected chi connectivity index (χ0v) is 15.5. The lowest BCUT2D eigenvalue weighted by Gasteiger charge is -2.28. The van der Waals surface area contributed by atoms with Gasteiger partial charge in [0, 0.05) is 37.9 Å². The Balaban J connectivity index is 1.74. The first-order valence-corrected chi connectivity index (χ1v) is 8.61. The van der Waals surface area contributed by atoms with Crippen molar-refractivity contribution in [3.05, 3.63) is 35.5 Å². The smallest absolute Gasteiger partial charge is 0.323 e. The maximum Gasteiger partial charge on any atom is 0.323 e. The van der Waals surface area contributed by atoms with Crippen LogP contribution in [0.1, 0.15) is 0 Å². The minimum absolute atomic E-state index is 0.391. The summed E-state index contributed by atoms with van der Waals surface area (Å²) in [4.78, 5) is 25.2. The minimum Gasteiger partial charge on any atom is -0.378 e. The van der Waals surface area contributed by atoms with Crippen LogP contribution in [0.15, 0.2) is 30.5 Å². The van der Waals surface area contributed by atoms with E-state index in [1.807, 2.05) is 19.0 Å². The van der Waals surface area contributed by atoms with E-state index in [9.17, 15) is 4.79 Å². The van der Waals surface area contributed by atoms with Crippen molar-refractivity contribution in [1.29, 1.82) is 0 Å². The van der Waals surface area contributed by atoms with E-state index in [1.54, 1.807) is 30.5 Å². The van der Waals surface area contributed by atoms with Gasteiger partial charge in [0.2, 0.25) is 5.95 Å². The zero-order chi connectivity index (χ0) is 18.5. The highest BCUT2D eigenvalue weighted by Crippen LogP contribution is 2.24. The molecular formula is C17H21ClN6O2. The average Bonchev–Trinajstić information content (AvgIpc) is 2.62. The molecule has 0 saturated carbocycles. The monoisotopic (exact) mass is 376 g/mol. The quantitative estimate of drug-likeness (QED) is 0.853. The molecule has 8 nitrogen and oxygen atoms in total. The molecule has 2 N–H and O–H groups in total. The predicted molar refractivity (Wildman–Crippen MR) is 103 cm³/mol. The summed E-state index contributed by atoms with van der Waals surface area (Å²) in [5.41, 5.74) is 1.12. The van der Waals surface area contributed by atoms with Gasteiger partial charge in [0.15, 0.2) is 5.82 Å². The van der Waals surface area contributed by atoms with Crippen molar-refractivity contribution in [3.63, 3.8) is 0 Å². The summed E-state index contributed by atoms with van der Waals surface area (Å²) in [5, 5.41) is 6.08. The highest BCUT2D eigenvalue weighted by atomic mass is 35.5. The second kappa shape index (κ2) is 8.20. The van der Waals surface area contributed by atoms with E-state index in [1.165, 1.54) is 0 Å². The molecule has 1 aromatic carbocycles. The number of nitrogens with zero attached hydrogens (tertiary/aromatic N) is 4. The second-order valence-electron chi connectivity index (χ2n) is 5.99. The Morgan fingerprint density at radius 2 is 2.04 bits per heavy atom. The molecule has 2 aromatic rings. The van der Waals surface area contributed by atoms with Crippen LogP contribution in [0, 0.1) is 0 Å². The summed E-state index contributed by atoms with van der Waals surface area (Å²) in [5.74, 6) is 1.25. The third kappa shape index (κ3) is 4.53. The molecule has 138 valence electrons. The molecule has 3 rings (SSSR count). The average molecular weight is 377 g/mol. The first-order chi connectivity index (χ1) is 12.5. The molecule has 1 saturated heterocycles. The number of anilines is 4. The van der Waals surface area contributed by atoms with Crippen LogP contribution in [-0.2, 0) is 4.74 Å². The van der Waals surface area contributed by atoms with Gasteiger partial charge in [-0.25, -0.2) is 9.78 Å². The van der Waals surface area contributed by atoms with Gasteiger partial charge in [0.1, 0.15) is 5.69 Å². The molecule has 1 fully saturated rings. The molecule has 1 aliphatic rings. The molecule has 0 radical (unpaired) electrons. The molecule has 0 unspecified atom stereocenters. The third-order valence-corrected chi connectivity index (χ3v) is 4.04. The lowest BCUT2D eigenvalue weighted by atomic mass is 10.3. The SMILES string of the molecule is CN(C)c1nc(N2CCOCC2)ncc1NC(=O)Nc1cccc(Cl)c1. The van der Waals surface area contributed by atoms with E-state index in [0.717, 1.165) is 13.1 Å². The fourth-order valence-electron chi connectivity index (χ4n) is 2.56. The number of amides is 2. The van der Waals surface area contributed by atoms with Crippen LogP contribution >= 0.6 is 11.6 Å². The molecule has 26 heavy (non-hydrogen) atoms. The lowest BCUT2D eigenvalue weighted by molar-refractivity contribution is 0.122. The third-order valence-electron chi connectivity index (χ3n) is 3.80. The van der Waals surface area contributed by atoms with Gasteiger partial charge in [-0.2, -0.15) is 4.98 Å². The Morgan fingerprint density at radius 3 is 2.73 bits per heavy atom. The van der Waals surface area contributed by atoms with Gasteiger partial charge in [-0.1, -0.05) is 17.7 Å². The fourth-order valence-corrected chi connectivity index (χ4v) is 2.75. The van der Waals surface area contributed by atoms with Crippen LogP contribution in [0.5, 0.6) is 0 Å². The van der Waals surface area contributed by atoms with E-state index in [-0.39, 0.29) is 0 Å². The van der Waals surface area contributed by atoms with Crippen LogP contribution < -0.4 is 20.4 Å². The van der Waals surface area contributed by atoms with E-state index in [0.29, 0.717) is 41.4 Å². The van der Waals surface area contributed by atoms with E-state index in [2.05, 4.69) is 25.5 Å². The standard InChI is InChI=1S/C17H21ClN6O2/c1-23(2)15-14(11-19-16(22-15)24-6-8-26-9-7-24)21-17(25)20-13-5-3-4-12(18)10-13/h3-5,10-11H,6-9H2,1-2H3,(H2,20,21,25). The first-order valence-electron chi connectivity index (χ1n) is 8.23. The number of hydrogen-bond donors (Lipinski definition) is 2. The van der Waals surface area contributed by atoms with E-state index >= 15 is 0 Å². The van der Waals surface area contributed by atoms with Crippen molar-refractivity contribution in [3.8, 4) is 0 Å².